The number of esters is 1. The Hall–Kier alpha value is -2.61. The van der Waals surface area contributed by atoms with Crippen molar-refractivity contribution in [3.8, 4) is 0 Å². The van der Waals surface area contributed by atoms with Gasteiger partial charge in [0.2, 0.25) is 0 Å². The number of ether oxygens (including phenoxy) is 1. The Balaban J connectivity index is 2.59. The summed E-state index contributed by atoms with van der Waals surface area (Å²) in [4.78, 5) is 36.6. The third kappa shape index (κ3) is 3.58. The van der Waals surface area contributed by atoms with Crippen LogP contribution in [0.5, 0.6) is 0 Å². The molecule has 9 heteroatoms. The van der Waals surface area contributed by atoms with Crippen LogP contribution < -0.4 is 5.32 Å². The first-order valence-electron chi connectivity index (χ1n) is 7.71. The number of rotatable bonds is 5. The Labute approximate surface area is 149 Å². The van der Waals surface area contributed by atoms with Gasteiger partial charge in [0.15, 0.2) is 0 Å². The predicted molar refractivity (Wildman–Crippen MR) is 91.1 cm³/mol. The van der Waals surface area contributed by atoms with E-state index in [0.29, 0.717) is 17.8 Å². The van der Waals surface area contributed by atoms with E-state index in [0.717, 1.165) is 0 Å². The zero-order chi connectivity index (χ0) is 18.7. The van der Waals surface area contributed by atoms with Gasteiger partial charge in [-0.15, -0.1) is 0 Å². The van der Waals surface area contributed by atoms with Gasteiger partial charge < -0.3 is 10.1 Å². The van der Waals surface area contributed by atoms with E-state index in [2.05, 4.69) is 5.32 Å². The van der Waals surface area contributed by atoms with Crippen molar-refractivity contribution < 1.29 is 19.2 Å². The number of nitro benzene ring substituents is 1. The molecule has 1 aromatic carbocycles. The van der Waals surface area contributed by atoms with E-state index in [4.69, 9.17) is 16.3 Å². The number of nitrogens with one attached hydrogen (secondary N) is 1. The molecule has 1 heterocycles. The summed E-state index contributed by atoms with van der Waals surface area (Å²) in [6.07, 6.45) is 0. The van der Waals surface area contributed by atoms with Crippen molar-refractivity contribution in [2.24, 2.45) is 0 Å². The quantitative estimate of drug-likeness (QED) is 0.489. The van der Waals surface area contributed by atoms with Crippen molar-refractivity contribution in [2.75, 3.05) is 13.2 Å². The summed E-state index contributed by atoms with van der Waals surface area (Å²) in [6, 6.07) is 2.90. The highest BCUT2D eigenvalue weighted by atomic mass is 35.5. The van der Waals surface area contributed by atoms with Crippen molar-refractivity contribution in [3.63, 3.8) is 0 Å². The molecule has 2 amide bonds. The topological polar surface area (TPSA) is 102 Å². The molecule has 1 N–H and O–H groups in total. The summed E-state index contributed by atoms with van der Waals surface area (Å²) in [7, 11) is 0. The third-order valence-electron chi connectivity index (χ3n) is 3.91. The van der Waals surface area contributed by atoms with Gasteiger partial charge in [0.1, 0.15) is 5.02 Å². The number of hydrogen-bond acceptors (Lipinski definition) is 5. The second-order valence-electron chi connectivity index (χ2n) is 5.31. The van der Waals surface area contributed by atoms with Gasteiger partial charge >= 0.3 is 12.0 Å². The Morgan fingerprint density at radius 1 is 1.44 bits per heavy atom. The number of carbonyl (C=O) groups excluding carboxylic acids is 2. The predicted octanol–water partition coefficient (Wildman–Crippen LogP) is 3.17. The molecule has 2 rings (SSSR count). The van der Waals surface area contributed by atoms with E-state index < -0.39 is 23.0 Å². The summed E-state index contributed by atoms with van der Waals surface area (Å²) < 4.78 is 5.10. The first-order valence-corrected chi connectivity index (χ1v) is 8.09. The van der Waals surface area contributed by atoms with Gasteiger partial charge in [-0.05, 0) is 32.4 Å². The monoisotopic (exact) mass is 367 g/mol. The van der Waals surface area contributed by atoms with Crippen LogP contribution in [-0.4, -0.2) is 35.0 Å². The largest absolute Gasteiger partial charge is 0.463 e. The Morgan fingerprint density at radius 3 is 2.68 bits per heavy atom. The lowest BCUT2D eigenvalue weighted by atomic mass is 9.94. The molecule has 0 saturated heterocycles. The lowest BCUT2D eigenvalue weighted by Crippen LogP contribution is -2.47. The molecule has 0 saturated carbocycles. The van der Waals surface area contributed by atoms with Crippen LogP contribution in [0.15, 0.2) is 29.5 Å². The lowest BCUT2D eigenvalue weighted by molar-refractivity contribution is -0.384. The molecular formula is C16H18ClN3O5. The molecule has 0 aliphatic carbocycles. The number of carbonyl (C=O) groups is 2. The molecule has 1 aliphatic rings. The van der Waals surface area contributed by atoms with E-state index in [1.807, 2.05) is 0 Å². The second-order valence-corrected chi connectivity index (χ2v) is 5.72. The van der Waals surface area contributed by atoms with Gasteiger partial charge in [-0.1, -0.05) is 17.7 Å². The maximum atomic E-state index is 12.4. The van der Waals surface area contributed by atoms with E-state index in [1.165, 1.54) is 23.1 Å². The van der Waals surface area contributed by atoms with Crippen molar-refractivity contribution >= 4 is 29.3 Å². The minimum atomic E-state index is -0.856. The Kier molecular flexibility index (Phi) is 5.63. The van der Waals surface area contributed by atoms with E-state index in [1.54, 1.807) is 20.8 Å². The molecule has 0 bridgehead atoms. The molecule has 8 nitrogen and oxygen atoms in total. The number of urea groups is 1. The molecule has 0 spiro atoms. The fraction of sp³-hybridized carbons (Fsp3) is 0.375. The van der Waals surface area contributed by atoms with Gasteiger partial charge in [-0.25, -0.2) is 9.59 Å². The van der Waals surface area contributed by atoms with Crippen LogP contribution in [0.25, 0.3) is 0 Å². The van der Waals surface area contributed by atoms with Crippen LogP contribution in [0.1, 0.15) is 32.4 Å². The summed E-state index contributed by atoms with van der Waals surface area (Å²) in [5.74, 6) is -0.582. The second kappa shape index (κ2) is 7.52. The summed E-state index contributed by atoms with van der Waals surface area (Å²) >= 11 is 5.84. The van der Waals surface area contributed by atoms with Crippen molar-refractivity contribution in [1.82, 2.24) is 10.2 Å². The number of nitrogens with zero attached hydrogens (tertiary/aromatic N) is 2. The van der Waals surface area contributed by atoms with E-state index >= 15 is 0 Å². The maximum Gasteiger partial charge on any atom is 0.338 e. The summed E-state index contributed by atoms with van der Waals surface area (Å²) in [5, 5.41) is 13.8. The van der Waals surface area contributed by atoms with Crippen LogP contribution in [0, 0.1) is 10.1 Å². The first-order chi connectivity index (χ1) is 11.8. The van der Waals surface area contributed by atoms with Crippen molar-refractivity contribution in [3.05, 3.63) is 50.2 Å². The SMILES string of the molecule is CCOC(=O)C1=C(C)N(CC)C(=O)N[C@@H]1c1ccc(Cl)c([N+](=O)[O-])c1. The number of hydrogen-bond donors (Lipinski definition) is 1. The molecule has 1 aromatic rings. The summed E-state index contributed by atoms with van der Waals surface area (Å²) in [6.45, 7) is 5.64. The van der Waals surface area contributed by atoms with Crippen molar-refractivity contribution in [1.29, 1.82) is 0 Å². The molecular weight excluding hydrogens is 350 g/mol. The first kappa shape index (κ1) is 18.7. The number of halogens is 1. The normalized spacial score (nSPS) is 17.4. The molecule has 134 valence electrons. The fourth-order valence-electron chi connectivity index (χ4n) is 2.73. The number of amides is 2. The van der Waals surface area contributed by atoms with E-state index in [9.17, 15) is 19.7 Å². The number of allylic oxidation sites excluding steroid dienone is 1. The van der Waals surface area contributed by atoms with Crippen LogP contribution in [0.3, 0.4) is 0 Å². The minimum Gasteiger partial charge on any atom is -0.463 e. The highest BCUT2D eigenvalue weighted by Crippen LogP contribution is 2.34. The molecule has 0 radical (unpaired) electrons. The smallest absolute Gasteiger partial charge is 0.338 e. The van der Waals surface area contributed by atoms with Crippen molar-refractivity contribution in [2.45, 2.75) is 26.8 Å². The minimum absolute atomic E-state index is 0.0237. The van der Waals surface area contributed by atoms with E-state index in [-0.39, 0.29) is 22.9 Å². The summed E-state index contributed by atoms with van der Waals surface area (Å²) in [5.41, 5.74) is 0.766. The number of benzene rings is 1. The third-order valence-corrected chi connectivity index (χ3v) is 4.23. The zero-order valence-electron chi connectivity index (χ0n) is 14.0. The van der Waals surface area contributed by atoms with Gasteiger partial charge in [0, 0.05) is 18.3 Å². The average molecular weight is 368 g/mol. The van der Waals surface area contributed by atoms with Crippen LogP contribution in [0.4, 0.5) is 10.5 Å². The molecule has 0 unspecified atom stereocenters. The molecule has 1 aliphatic heterocycles. The zero-order valence-corrected chi connectivity index (χ0v) is 14.8. The maximum absolute atomic E-state index is 12.4. The average Bonchev–Trinajstić information content (AvgIpc) is 2.55. The fourth-order valence-corrected chi connectivity index (χ4v) is 2.92. The molecule has 0 fully saturated rings. The standard InChI is InChI=1S/C16H18ClN3O5/c1-4-19-9(3)13(15(21)25-5-2)14(18-16(19)22)10-6-7-11(17)12(8-10)20(23)24/h6-8,14H,4-5H2,1-3H3,(H,18,22)/t14-/m1/s1. The molecule has 25 heavy (non-hydrogen) atoms. The molecule has 1 atom stereocenters. The van der Waals surface area contributed by atoms with Gasteiger partial charge in [-0.3, -0.25) is 15.0 Å². The van der Waals surface area contributed by atoms with Gasteiger partial charge in [-0.2, -0.15) is 0 Å². The Morgan fingerprint density at radius 2 is 2.12 bits per heavy atom. The van der Waals surface area contributed by atoms with Crippen LogP contribution in [-0.2, 0) is 9.53 Å². The van der Waals surface area contributed by atoms with Gasteiger partial charge in [0.05, 0.1) is 23.1 Å². The highest BCUT2D eigenvalue weighted by Gasteiger charge is 2.36. The van der Waals surface area contributed by atoms with Crippen LogP contribution >= 0.6 is 11.6 Å². The highest BCUT2D eigenvalue weighted by molar-refractivity contribution is 6.32. The van der Waals surface area contributed by atoms with Crippen LogP contribution in [0.2, 0.25) is 5.02 Å². The molecule has 0 aromatic heterocycles. The Bertz CT molecular complexity index is 762. The lowest BCUT2D eigenvalue weighted by Gasteiger charge is -2.34. The number of nitro groups is 1. The van der Waals surface area contributed by atoms with Gasteiger partial charge in [0.25, 0.3) is 5.69 Å².